The van der Waals surface area contributed by atoms with Gasteiger partial charge in [-0.1, -0.05) is 6.92 Å². The van der Waals surface area contributed by atoms with Gasteiger partial charge >= 0.3 is 5.97 Å². The third kappa shape index (κ3) is 2.68. The number of hydrogen-bond donors (Lipinski definition) is 0. The van der Waals surface area contributed by atoms with E-state index < -0.39 is 17.6 Å². The molecule has 0 unspecified atom stereocenters. The molecule has 106 valence electrons. The summed E-state index contributed by atoms with van der Waals surface area (Å²) in [5, 5.41) is 0. The Morgan fingerprint density at radius 3 is 2.70 bits per heavy atom. The van der Waals surface area contributed by atoms with E-state index in [2.05, 4.69) is 4.98 Å². The van der Waals surface area contributed by atoms with Crippen molar-refractivity contribution in [1.29, 1.82) is 0 Å². The van der Waals surface area contributed by atoms with Crippen LogP contribution >= 0.6 is 0 Å². The minimum absolute atomic E-state index is 0.00310. The lowest BCUT2D eigenvalue weighted by Crippen LogP contribution is -2.05. The van der Waals surface area contributed by atoms with Crippen molar-refractivity contribution in [3.05, 3.63) is 41.3 Å². The molecule has 0 amide bonds. The first kappa shape index (κ1) is 14.2. The molecule has 0 spiro atoms. The standard InChI is InChI=1S/C14H13F2NO3/c1-3-11-12(14(18)19-4-2)20-13(17-11)9-6-5-8(15)7-10(9)16/h5-7H,3-4H2,1-2H3. The van der Waals surface area contributed by atoms with Gasteiger partial charge in [-0.05, 0) is 25.5 Å². The highest BCUT2D eigenvalue weighted by molar-refractivity contribution is 5.88. The molecule has 2 aromatic rings. The van der Waals surface area contributed by atoms with Crippen LogP contribution in [0.3, 0.4) is 0 Å². The van der Waals surface area contributed by atoms with Gasteiger partial charge in [0, 0.05) is 6.07 Å². The second kappa shape index (κ2) is 5.81. The lowest BCUT2D eigenvalue weighted by Gasteiger charge is -1.99. The fourth-order valence-electron chi connectivity index (χ4n) is 1.73. The van der Waals surface area contributed by atoms with E-state index in [1.54, 1.807) is 13.8 Å². The van der Waals surface area contributed by atoms with E-state index in [0.717, 1.165) is 12.1 Å². The van der Waals surface area contributed by atoms with Crippen LogP contribution in [0.15, 0.2) is 22.6 Å². The normalized spacial score (nSPS) is 10.6. The smallest absolute Gasteiger partial charge is 0.376 e. The van der Waals surface area contributed by atoms with Crippen LogP contribution in [-0.4, -0.2) is 17.6 Å². The molecule has 0 aliphatic heterocycles. The topological polar surface area (TPSA) is 52.3 Å². The number of rotatable bonds is 4. The number of hydrogen-bond acceptors (Lipinski definition) is 4. The van der Waals surface area contributed by atoms with E-state index in [0.29, 0.717) is 12.1 Å². The van der Waals surface area contributed by atoms with Gasteiger partial charge in [0.2, 0.25) is 11.7 Å². The van der Waals surface area contributed by atoms with Crippen molar-refractivity contribution in [1.82, 2.24) is 4.98 Å². The summed E-state index contributed by atoms with van der Waals surface area (Å²) in [5.74, 6) is -2.26. The first-order valence-electron chi connectivity index (χ1n) is 6.19. The van der Waals surface area contributed by atoms with E-state index in [-0.39, 0.29) is 23.8 Å². The van der Waals surface area contributed by atoms with Gasteiger partial charge in [-0.2, -0.15) is 0 Å². The maximum Gasteiger partial charge on any atom is 0.376 e. The van der Waals surface area contributed by atoms with E-state index in [4.69, 9.17) is 9.15 Å². The van der Waals surface area contributed by atoms with Gasteiger partial charge in [-0.25, -0.2) is 18.6 Å². The summed E-state index contributed by atoms with van der Waals surface area (Å²) in [6.45, 7) is 3.65. The molecule has 0 N–H and O–H groups in total. The average Bonchev–Trinajstić information content (AvgIpc) is 2.83. The fraction of sp³-hybridized carbons (Fsp3) is 0.286. The summed E-state index contributed by atoms with van der Waals surface area (Å²) in [4.78, 5) is 15.8. The maximum absolute atomic E-state index is 13.7. The zero-order valence-electron chi connectivity index (χ0n) is 11.1. The van der Waals surface area contributed by atoms with Crippen LogP contribution < -0.4 is 0 Å². The largest absolute Gasteiger partial charge is 0.460 e. The number of aryl methyl sites for hydroxylation is 1. The molecule has 1 aromatic heterocycles. The van der Waals surface area contributed by atoms with Crippen LogP contribution in [0.25, 0.3) is 11.5 Å². The predicted molar refractivity (Wildman–Crippen MR) is 67.2 cm³/mol. The quantitative estimate of drug-likeness (QED) is 0.806. The highest BCUT2D eigenvalue weighted by Crippen LogP contribution is 2.26. The minimum Gasteiger partial charge on any atom is -0.460 e. The Kier molecular flexibility index (Phi) is 4.12. The fourth-order valence-corrected chi connectivity index (χ4v) is 1.73. The monoisotopic (exact) mass is 281 g/mol. The summed E-state index contributed by atoms with van der Waals surface area (Å²) < 4.78 is 36.7. The molecule has 0 saturated carbocycles. The highest BCUT2D eigenvalue weighted by atomic mass is 19.1. The summed E-state index contributed by atoms with van der Waals surface area (Å²) in [6, 6.07) is 3.04. The number of halogens is 2. The third-order valence-electron chi connectivity index (χ3n) is 2.65. The Balaban J connectivity index is 2.45. The molecule has 4 nitrogen and oxygen atoms in total. The van der Waals surface area contributed by atoms with E-state index >= 15 is 0 Å². The predicted octanol–water partition coefficient (Wildman–Crippen LogP) is 3.36. The van der Waals surface area contributed by atoms with Crippen molar-refractivity contribution in [2.24, 2.45) is 0 Å². The van der Waals surface area contributed by atoms with Gasteiger partial charge in [-0.15, -0.1) is 0 Å². The maximum atomic E-state index is 13.7. The van der Waals surface area contributed by atoms with Crippen molar-refractivity contribution in [2.75, 3.05) is 6.61 Å². The van der Waals surface area contributed by atoms with Gasteiger partial charge < -0.3 is 9.15 Å². The van der Waals surface area contributed by atoms with E-state index in [1.165, 1.54) is 6.07 Å². The van der Waals surface area contributed by atoms with Crippen LogP contribution in [-0.2, 0) is 11.2 Å². The molecule has 1 aromatic carbocycles. The molecule has 0 fully saturated rings. The van der Waals surface area contributed by atoms with Gasteiger partial charge in [-0.3, -0.25) is 0 Å². The Hall–Kier alpha value is -2.24. The Labute approximate surface area is 114 Å². The zero-order chi connectivity index (χ0) is 14.7. The van der Waals surface area contributed by atoms with Gasteiger partial charge in [0.25, 0.3) is 0 Å². The highest BCUT2D eigenvalue weighted by Gasteiger charge is 2.22. The number of ether oxygens (including phenoxy) is 1. The van der Waals surface area contributed by atoms with Crippen molar-refractivity contribution < 1.29 is 22.7 Å². The number of aromatic nitrogens is 1. The molecule has 0 atom stereocenters. The second-order valence-electron chi connectivity index (χ2n) is 3.99. The van der Waals surface area contributed by atoms with Crippen molar-refractivity contribution >= 4 is 5.97 Å². The lowest BCUT2D eigenvalue weighted by molar-refractivity contribution is 0.0489. The van der Waals surface area contributed by atoms with Crippen molar-refractivity contribution in [2.45, 2.75) is 20.3 Å². The van der Waals surface area contributed by atoms with Crippen LogP contribution in [0.5, 0.6) is 0 Å². The SMILES string of the molecule is CCOC(=O)c1oc(-c2ccc(F)cc2F)nc1CC. The minimum atomic E-state index is -0.802. The summed E-state index contributed by atoms with van der Waals surface area (Å²) in [5.41, 5.74) is 0.374. The van der Waals surface area contributed by atoms with Crippen LogP contribution in [0, 0.1) is 11.6 Å². The first-order valence-corrected chi connectivity index (χ1v) is 6.19. The molecule has 0 saturated heterocycles. The number of benzene rings is 1. The molecule has 0 aliphatic rings. The third-order valence-corrected chi connectivity index (χ3v) is 2.65. The molecule has 6 heteroatoms. The van der Waals surface area contributed by atoms with E-state index in [1.807, 2.05) is 0 Å². The van der Waals surface area contributed by atoms with Gasteiger partial charge in [0.1, 0.15) is 11.6 Å². The number of oxazole rings is 1. The van der Waals surface area contributed by atoms with Crippen molar-refractivity contribution in [3.63, 3.8) is 0 Å². The number of carbonyl (C=O) groups excluding carboxylic acids is 1. The molecule has 2 rings (SSSR count). The summed E-state index contributed by atoms with van der Waals surface area (Å²) in [6.07, 6.45) is 0.431. The van der Waals surface area contributed by atoms with E-state index in [9.17, 15) is 13.6 Å². The number of nitrogens with zero attached hydrogens (tertiary/aromatic N) is 1. The number of carbonyl (C=O) groups is 1. The average molecular weight is 281 g/mol. The van der Waals surface area contributed by atoms with Gasteiger partial charge in [0.05, 0.1) is 17.9 Å². The first-order chi connectivity index (χ1) is 9.56. The molecule has 0 aliphatic carbocycles. The van der Waals surface area contributed by atoms with Crippen molar-refractivity contribution in [3.8, 4) is 11.5 Å². The number of esters is 1. The van der Waals surface area contributed by atoms with Crippen LogP contribution in [0.4, 0.5) is 8.78 Å². The lowest BCUT2D eigenvalue weighted by atomic mass is 10.2. The summed E-state index contributed by atoms with van der Waals surface area (Å²) in [7, 11) is 0. The van der Waals surface area contributed by atoms with Crippen LogP contribution in [0.1, 0.15) is 30.1 Å². The zero-order valence-corrected chi connectivity index (χ0v) is 11.1. The molecular formula is C14H13F2NO3. The Bertz CT molecular complexity index is 637. The second-order valence-corrected chi connectivity index (χ2v) is 3.99. The molecule has 1 heterocycles. The van der Waals surface area contributed by atoms with Gasteiger partial charge in [0.15, 0.2) is 0 Å². The Morgan fingerprint density at radius 2 is 2.10 bits per heavy atom. The molecule has 0 bridgehead atoms. The summed E-state index contributed by atoms with van der Waals surface area (Å²) >= 11 is 0. The molecular weight excluding hydrogens is 268 g/mol. The molecule has 0 radical (unpaired) electrons. The Morgan fingerprint density at radius 1 is 1.35 bits per heavy atom. The molecule has 20 heavy (non-hydrogen) atoms. The van der Waals surface area contributed by atoms with Crippen LogP contribution in [0.2, 0.25) is 0 Å².